The number of halogens is 3. The van der Waals surface area contributed by atoms with Gasteiger partial charge in [-0.2, -0.15) is 0 Å². The van der Waals surface area contributed by atoms with Gasteiger partial charge in [-0.3, -0.25) is 4.79 Å². The van der Waals surface area contributed by atoms with Gasteiger partial charge in [-0.05, 0) is 19.2 Å². The minimum absolute atomic E-state index is 0.00250. The monoisotopic (exact) mass is 317 g/mol. The Balaban J connectivity index is 2.25. The first-order chi connectivity index (χ1) is 10.2. The maximum Gasteiger partial charge on any atom is 0.573 e. The van der Waals surface area contributed by atoms with Gasteiger partial charge in [-0.15, -0.1) is 13.2 Å². The molecule has 0 spiro atoms. The summed E-state index contributed by atoms with van der Waals surface area (Å²) in [5, 5.41) is 2.34. The van der Waals surface area contributed by atoms with Crippen LogP contribution in [0.2, 0.25) is 0 Å². The van der Waals surface area contributed by atoms with Crippen LogP contribution in [0.15, 0.2) is 18.2 Å². The summed E-state index contributed by atoms with van der Waals surface area (Å²) in [7, 11) is 2.00. The van der Waals surface area contributed by atoms with Crippen LogP contribution in [0.3, 0.4) is 0 Å². The van der Waals surface area contributed by atoms with E-state index < -0.39 is 18.0 Å². The molecule has 0 atom stereocenters. The van der Waals surface area contributed by atoms with Crippen molar-refractivity contribution in [2.24, 2.45) is 0 Å². The van der Waals surface area contributed by atoms with Crippen LogP contribution in [-0.2, 0) is 4.79 Å². The van der Waals surface area contributed by atoms with E-state index in [4.69, 9.17) is 0 Å². The fourth-order valence-electron chi connectivity index (χ4n) is 2.27. The first kappa shape index (κ1) is 16.4. The van der Waals surface area contributed by atoms with Crippen molar-refractivity contribution in [3.63, 3.8) is 0 Å². The fourth-order valence-corrected chi connectivity index (χ4v) is 2.27. The number of hydrogen-bond donors (Lipinski definition) is 1. The Morgan fingerprint density at radius 3 is 2.41 bits per heavy atom. The van der Waals surface area contributed by atoms with Crippen molar-refractivity contribution in [1.82, 2.24) is 4.90 Å². The molecule has 1 saturated heterocycles. The van der Waals surface area contributed by atoms with Crippen molar-refractivity contribution >= 4 is 17.3 Å². The maximum absolute atomic E-state index is 12.5. The van der Waals surface area contributed by atoms with Gasteiger partial charge in [0.25, 0.3) is 0 Å². The molecule has 1 aliphatic rings. The number of piperazine rings is 1. The SMILES string of the molecule is CC(=O)Nc1ccc(N2CCN(C)CC2)cc1OC(F)(F)F. The van der Waals surface area contributed by atoms with Crippen LogP contribution >= 0.6 is 0 Å². The largest absolute Gasteiger partial charge is 0.573 e. The van der Waals surface area contributed by atoms with Gasteiger partial charge in [-0.1, -0.05) is 0 Å². The summed E-state index contributed by atoms with van der Waals surface area (Å²) < 4.78 is 41.6. The van der Waals surface area contributed by atoms with Crippen LogP contribution in [-0.4, -0.2) is 50.4 Å². The summed E-state index contributed by atoms with van der Waals surface area (Å²) in [6.07, 6.45) is -4.81. The zero-order valence-corrected chi connectivity index (χ0v) is 12.4. The number of ether oxygens (including phenoxy) is 1. The normalized spacial score (nSPS) is 16.5. The molecule has 0 saturated carbocycles. The zero-order valence-electron chi connectivity index (χ0n) is 12.4. The molecule has 2 rings (SSSR count). The van der Waals surface area contributed by atoms with Crippen LogP contribution in [0.5, 0.6) is 5.75 Å². The van der Waals surface area contributed by atoms with Crippen molar-refractivity contribution in [1.29, 1.82) is 0 Å². The number of amides is 1. The first-order valence-electron chi connectivity index (χ1n) is 6.85. The van der Waals surface area contributed by atoms with Crippen molar-refractivity contribution in [3.05, 3.63) is 18.2 Å². The Hall–Kier alpha value is -1.96. The Kier molecular flexibility index (Phi) is 4.80. The fraction of sp³-hybridized carbons (Fsp3) is 0.500. The van der Waals surface area contributed by atoms with Gasteiger partial charge in [0, 0.05) is 44.9 Å². The van der Waals surface area contributed by atoms with E-state index in [1.165, 1.54) is 19.1 Å². The van der Waals surface area contributed by atoms with Crippen LogP contribution in [0, 0.1) is 0 Å². The summed E-state index contributed by atoms with van der Waals surface area (Å²) in [4.78, 5) is 15.2. The molecule has 1 amide bonds. The summed E-state index contributed by atoms with van der Waals surface area (Å²) in [6, 6.07) is 4.42. The number of carbonyl (C=O) groups is 1. The molecule has 0 radical (unpaired) electrons. The second kappa shape index (κ2) is 6.43. The molecule has 1 aromatic rings. The Morgan fingerprint density at radius 1 is 1.23 bits per heavy atom. The van der Waals surface area contributed by atoms with Crippen molar-refractivity contribution in [3.8, 4) is 5.75 Å². The molecule has 0 aliphatic carbocycles. The molecule has 0 unspecified atom stereocenters. The number of nitrogens with zero attached hydrogens (tertiary/aromatic N) is 2. The van der Waals surface area contributed by atoms with Crippen molar-refractivity contribution in [2.45, 2.75) is 13.3 Å². The average molecular weight is 317 g/mol. The number of hydrogen-bond acceptors (Lipinski definition) is 4. The highest BCUT2D eigenvalue weighted by Gasteiger charge is 2.32. The van der Waals surface area contributed by atoms with E-state index in [9.17, 15) is 18.0 Å². The second-order valence-electron chi connectivity index (χ2n) is 5.20. The lowest BCUT2D eigenvalue weighted by molar-refractivity contribution is -0.274. The van der Waals surface area contributed by atoms with E-state index in [-0.39, 0.29) is 5.69 Å². The summed E-state index contributed by atoms with van der Waals surface area (Å²) in [5.41, 5.74) is 0.643. The minimum Gasteiger partial charge on any atom is -0.403 e. The van der Waals surface area contributed by atoms with E-state index in [0.717, 1.165) is 26.2 Å². The van der Waals surface area contributed by atoms with E-state index in [0.29, 0.717) is 5.69 Å². The smallest absolute Gasteiger partial charge is 0.403 e. The van der Waals surface area contributed by atoms with Crippen molar-refractivity contribution in [2.75, 3.05) is 43.4 Å². The number of carbonyl (C=O) groups excluding carboxylic acids is 1. The molecule has 122 valence electrons. The Bertz CT molecular complexity index is 541. The molecule has 1 aliphatic heterocycles. The molecular formula is C14H18F3N3O2. The van der Waals surface area contributed by atoms with Gasteiger partial charge in [0.2, 0.25) is 5.91 Å². The highest BCUT2D eigenvalue weighted by atomic mass is 19.4. The predicted molar refractivity (Wildman–Crippen MR) is 77.1 cm³/mol. The molecule has 8 heteroatoms. The second-order valence-corrected chi connectivity index (χ2v) is 5.20. The topological polar surface area (TPSA) is 44.8 Å². The van der Waals surface area contributed by atoms with E-state index in [1.807, 2.05) is 11.9 Å². The van der Waals surface area contributed by atoms with Crippen molar-refractivity contribution < 1.29 is 22.7 Å². The first-order valence-corrected chi connectivity index (χ1v) is 6.85. The van der Waals surface area contributed by atoms with Crippen LogP contribution in [0.1, 0.15) is 6.92 Å². The van der Waals surface area contributed by atoms with Gasteiger partial charge < -0.3 is 19.9 Å². The average Bonchev–Trinajstić information content (AvgIpc) is 2.39. The molecule has 0 bridgehead atoms. The molecular weight excluding hydrogens is 299 g/mol. The van der Waals surface area contributed by atoms with E-state index in [1.54, 1.807) is 6.07 Å². The standard InChI is InChI=1S/C14H18F3N3O2/c1-10(21)18-12-4-3-11(9-13(12)22-14(15,16)17)20-7-5-19(2)6-8-20/h3-4,9H,5-8H2,1-2H3,(H,18,21). The van der Waals surface area contributed by atoms with Gasteiger partial charge in [0.15, 0.2) is 5.75 Å². The third-order valence-electron chi connectivity index (χ3n) is 3.37. The highest BCUT2D eigenvalue weighted by Crippen LogP contribution is 2.34. The quantitative estimate of drug-likeness (QED) is 0.929. The highest BCUT2D eigenvalue weighted by molar-refractivity contribution is 5.90. The molecule has 1 fully saturated rings. The number of benzene rings is 1. The molecule has 0 aromatic heterocycles. The van der Waals surface area contributed by atoms with Gasteiger partial charge in [0.1, 0.15) is 0 Å². The number of rotatable bonds is 3. The maximum atomic E-state index is 12.5. The zero-order chi connectivity index (χ0) is 16.3. The predicted octanol–water partition coefficient (Wildman–Crippen LogP) is 2.30. The third-order valence-corrected chi connectivity index (χ3v) is 3.37. The van der Waals surface area contributed by atoms with Crippen LogP contribution in [0.25, 0.3) is 0 Å². The molecule has 22 heavy (non-hydrogen) atoms. The van der Waals surface area contributed by atoms with Crippen LogP contribution in [0.4, 0.5) is 24.5 Å². The number of anilines is 2. The Labute approximate surface area is 126 Å². The summed E-state index contributed by atoms with van der Waals surface area (Å²) in [5.74, 6) is -0.863. The minimum atomic E-state index is -4.81. The summed E-state index contributed by atoms with van der Waals surface area (Å²) in [6.45, 7) is 4.35. The lowest BCUT2D eigenvalue weighted by atomic mass is 10.2. The molecule has 5 nitrogen and oxygen atoms in total. The number of likely N-dealkylation sites (N-methyl/N-ethyl adjacent to an activating group) is 1. The van der Waals surface area contributed by atoms with E-state index in [2.05, 4.69) is 15.0 Å². The summed E-state index contributed by atoms with van der Waals surface area (Å²) >= 11 is 0. The van der Waals surface area contributed by atoms with E-state index >= 15 is 0 Å². The molecule has 1 aromatic carbocycles. The third kappa shape index (κ3) is 4.52. The van der Waals surface area contributed by atoms with Gasteiger partial charge >= 0.3 is 6.36 Å². The lowest BCUT2D eigenvalue weighted by Crippen LogP contribution is -2.44. The lowest BCUT2D eigenvalue weighted by Gasteiger charge is -2.34. The number of nitrogens with one attached hydrogen (secondary N) is 1. The van der Waals surface area contributed by atoms with Gasteiger partial charge in [-0.25, -0.2) is 0 Å². The molecule has 1 heterocycles. The molecule has 1 N–H and O–H groups in total. The van der Waals surface area contributed by atoms with Crippen LogP contribution < -0.4 is 15.0 Å². The van der Waals surface area contributed by atoms with Gasteiger partial charge in [0.05, 0.1) is 5.69 Å². The number of alkyl halides is 3. The Morgan fingerprint density at radius 2 is 1.86 bits per heavy atom.